The van der Waals surface area contributed by atoms with Gasteiger partial charge in [0.15, 0.2) is 0 Å². The second kappa shape index (κ2) is 8.35. The van der Waals surface area contributed by atoms with Gasteiger partial charge in [0.25, 0.3) is 0 Å². The van der Waals surface area contributed by atoms with Gasteiger partial charge < -0.3 is 25.6 Å². The number of nitrogens with one attached hydrogen (secondary N) is 3. The number of carbonyl (C=O) groups is 1. The highest BCUT2D eigenvalue weighted by Gasteiger charge is 2.21. The molecule has 6 heteroatoms. The van der Waals surface area contributed by atoms with Gasteiger partial charge in [-0.05, 0) is 20.8 Å². The van der Waals surface area contributed by atoms with Crippen molar-refractivity contribution in [2.45, 2.75) is 26.4 Å². The van der Waals surface area contributed by atoms with Crippen LogP contribution in [-0.4, -0.2) is 69.0 Å². The maximum absolute atomic E-state index is 12.1. The highest BCUT2D eigenvalue weighted by molar-refractivity contribution is 5.68. The molecule has 6 nitrogen and oxygen atoms in total. The lowest BCUT2D eigenvalue weighted by Gasteiger charge is -2.28. The monoisotopic (exact) mass is 272 g/mol. The standard InChI is InChI=1S/C13H28N4O2/c1-13(2,3)19-12(18)17-10-8-15-6-4-14-5-7-16-9-11-17/h14-16H,4-11H2,1-3H3. The molecule has 1 aliphatic heterocycles. The van der Waals surface area contributed by atoms with E-state index in [4.69, 9.17) is 4.74 Å². The molecular formula is C13H28N4O2. The van der Waals surface area contributed by atoms with E-state index < -0.39 is 5.60 Å². The van der Waals surface area contributed by atoms with Crippen LogP contribution in [0.25, 0.3) is 0 Å². The molecule has 0 bridgehead atoms. The van der Waals surface area contributed by atoms with Gasteiger partial charge in [-0.1, -0.05) is 0 Å². The minimum absolute atomic E-state index is 0.230. The van der Waals surface area contributed by atoms with Gasteiger partial charge in [0.1, 0.15) is 5.60 Å². The van der Waals surface area contributed by atoms with Crippen molar-refractivity contribution in [1.29, 1.82) is 0 Å². The fraction of sp³-hybridized carbons (Fsp3) is 0.923. The van der Waals surface area contributed by atoms with Gasteiger partial charge in [-0.3, -0.25) is 0 Å². The van der Waals surface area contributed by atoms with E-state index in [1.54, 1.807) is 4.90 Å². The molecule has 0 unspecified atom stereocenters. The van der Waals surface area contributed by atoms with E-state index in [-0.39, 0.29) is 6.09 Å². The quantitative estimate of drug-likeness (QED) is 0.579. The topological polar surface area (TPSA) is 65.6 Å². The lowest BCUT2D eigenvalue weighted by Crippen LogP contribution is -2.45. The molecule has 0 aromatic heterocycles. The predicted octanol–water partition coefficient (Wildman–Crippen LogP) is 0.00590. The molecule has 1 amide bonds. The zero-order valence-corrected chi connectivity index (χ0v) is 12.4. The summed E-state index contributed by atoms with van der Waals surface area (Å²) in [4.78, 5) is 13.8. The van der Waals surface area contributed by atoms with Gasteiger partial charge in [0.05, 0.1) is 0 Å². The lowest BCUT2D eigenvalue weighted by molar-refractivity contribution is 0.0253. The Labute approximate surface area is 116 Å². The summed E-state index contributed by atoms with van der Waals surface area (Å²) in [5.74, 6) is 0. The molecule has 0 atom stereocenters. The minimum atomic E-state index is -0.439. The smallest absolute Gasteiger partial charge is 0.410 e. The summed E-state index contributed by atoms with van der Waals surface area (Å²) >= 11 is 0. The summed E-state index contributed by atoms with van der Waals surface area (Å²) in [6.07, 6.45) is -0.230. The molecule has 1 heterocycles. The Balaban J connectivity index is 2.44. The van der Waals surface area contributed by atoms with Gasteiger partial charge >= 0.3 is 6.09 Å². The molecule has 0 aliphatic carbocycles. The van der Waals surface area contributed by atoms with Gasteiger partial charge in [0.2, 0.25) is 0 Å². The Kier molecular flexibility index (Phi) is 7.12. The van der Waals surface area contributed by atoms with E-state index in [1.807, 2.05) is 20.8 Å². The van der Waals surface area contributed by atoms with Crippen LogP contribution in [0.2, 0.25) is 0 Å². The van der Waals surface area contributed by atoms with Crippen molar-refractivity contribution in [1.82, 2.24) is 20.9 Å². The molecule has 1 aliphatic rings. The molecule has 0 aromatic carbocycles. The highest BCUT2D eigenvalue weighted by Crippen LogP contribution is 2.09. The fourth-order valence-corrected chi connectivity index (χ4v) is 1.78. The molecule has 0 saturated carbocycles. The van der Waals surface area contributed by atoms with Crippen LogP contribution in [-0.2, 0) is 4.74 Å². The van der Waals surface area contributed by atoms with Crippen LogP contribution in [0.1, 0.15) is 20.8 Å². The van der Waals surface area contributed by atoms with Crippen molar-refractivity contribution in [3.05, 3.63) is 0 Å². The number of amides is 1. The Morgan fingerprint density at radius 3 is 1.74 bits per heavy atom. The summed E-state index contributed by atoms with van der Waals surface area (Å²) < 4.78 is 5.42. The van der Waals surface area contributed by atoms with Crippen molar-refractivity contribution in [3.8, 4) is 0 Å². The summed E-state index contributed by atoms with van der Waals surface area (Å²) in [5, 5.41) is 9.98. The first-order valence-electron chi connectivity index (χ1n) is 7.09. The molecule has 19 heavy (non-hydrogen) atoms. The second-order valence-corrected chi connectivity index (χ2v) is 5.72. The van der Waals surface area contributed by atoms with Gasteiger partial charge in [-0.2, -0.15) is 0 Å². The number of carbonyl (C=O) groups excluding carboxylic acids is 1. The molecule has 1 rings (SSSR count). The van der Waals surface area contributed by atoms with E-state index in [9.17, 15) is 4.79 Å². The number of hydrogen-bond donors (Lipinski definition) is 3. The number of hydrogen-bond acceptors (Lipinski definition) is 5. The van der Waals surface area contributed by atoms with Gasteiger partial charge in [-0.15, -0.1) is 0 Å². The van der Waals surface area contributed by atoms with Gasteiger partial charge in [0, 0.05) is 52.4 Å². The Bertz CT molecular complexity index is 254. The predicted molar refractivity (Wildman–Crippen MR) is 76.4 cm³/mol. The zero-order valence-electron chi connectivity index (χ0n) is 12.4. The van der Waals surface area contributed by atoms with E-state index >= 15 is 0 Å². The third-order valence-corrected chi connectivity index (χ3v) is 2.73. The van der Waals surface area contributed by atoms with E-state index in [0.717, 1.165) is 39.3 Å². The third-order valence-electron chi connectivity index (χ3n) is 2.73. The molecule has 1 fully saturated rings. The lowest BCUT2D eigenvalue weighted by atomic mass is 10.2. The van der Waals surface area contributed by atoms with Crippen molar-refractivity contribution < 1.29 is 9.53 Å². The van der Waals surface area contributed by atoms with Crippen molar-refractivity contribution in [3.63, 3.8) is 0 Å². The largest absolute Gasteiger partial charge is 0.444 e. The second-order valence-electron chi connectivity index (χ2n) is 5.72. The van der Waals surface area contributed by atoms with Crippen molar-refractivity contribution in [2.24, 2.45) is 0 Å². The average molecular weight is 272 g/mol. The first-order chi connectivity index (χ1) is 8.99. The van der Waals surface area contributed by atoms with Gasteiger partial charge in [-0.25, -0.2) is 4.79 Å². The maximum atomic E-state index is 12.1. The average Bonchev–Trinajstić information content (AvgIpc) is 2.27. The first-order valence-corrected chi connectivity index (χ1v) is 7.09. The van der Waals surface area contributed by atoms with Crippen LogP contribution in [0.15, 0.2) is 0 Å². The Hall–Kier alpha value is -0.850. The molecule has 1 saturated heterocycles. The molecule has 3 N–H and O–H groups in total. The van der Waals surface area contributed by atoms with Crippen molar-refractivity contribution >= 4 is 6.09 Å². The number of rotatable bonds is 0. The van der Waals surface area contributed by atoms with Crippen molar-refractivity contribution in [2.75, 3.05) is 52.4 Å². The van der Waals surface area contributed by atoms with Crippen LogP contribution < -0.4 is 16.0 Å². The van der Waals surface area contributed by atoms with E-state index in [2.05, 4.69) is 16.0 Å². The molecule has 0 spiro atoms. The van der Waals surface area contributed by atoms with Crippen LogP contribution in [0, 0.1) is 0 Å². The molecule has 0 radical (unpaired) electrons. The normalized spacial score (nSPS) is 20.3. The third kappa shape index (κ3) is 8.02. The van der Waals surface area contributed by atoms with E-state index in [0.29, 0.717) is 13.1 Å². The van der Waals surface area contributed by atoms with E-state index in [1.165, 1.54) is 0 Å². The van der Waals surface area contributed by atoms with Crippen LogP contribution in [0.3, 0.4) is 0 Å². The molecule has 112 valence electrons. The summed E-state index contributed by atoms with van der Waals surface area (Å²) in [5.41, 5.74) is -0.439. The number of nitrogens with zero attached hydrogens (tertiary/aromatic N) is 1. The summed E-state index contributed by atoms with van der Waals surface area (Å²) in [6.45, 7) is 12.4. The van der Waals surface area contributed by atoms with Crippen LogP contribution in [0.5, 0.6) is 0 Å². The zero-order chi connectivity index (χ0) is 14.1. The summed E-state index contributed by atoms with van der Waals surface area (Å²) in [6, 6.07) is 0. The number of ether oxygens (including phenoxy) is 1. The minimum Gasteiger partial charge on any atom is -0.444 e. The van der Waals surface area contributed by atoms with Crippen LogP contribution >= 0.6 is 0 Å². The summed E-state index contributed by atoms with van der Waals surface area (Å²) in [7, 11) is 0. The Morgan fingerprint density at radius 2 is 1.32 bits per heavy atom. The Morgan fingerprint density at radius 1 is 0.895 bits per heavy atom. The highest BCUT2D eigenvalue weighted by atomic mass is 16.6. The molecule has 0 aromatic rings. The first kappa shape index (κ1) is 16.2. The molecular weight excluding hydrogens is 244 g/mol. The maximum Gasteiger partial charge on any atom is 0.410 e. The SMILES string of the molecule is CC(C)(C)OC(=O)N1CCNCCNCCNCC1. The van der Waals surface area contributed by atoms with Crippen LogP contribution in [0.4, 0.5) is 4.79 Å². The fourth-order valence-electron chi connectivity index (χ4n) is 1.78.